The van der Waals surface area contributed by atoms with E-state index in [-0.39, 0.29) is 17.7 Å². The third-order valence-electron chi connectivity index (χ3n) is 4.63. The summed E-state index contributed by atoms with van der Waals surface area (Å²) in [5, 5.41) is 17.4. The summed E-state index contributed by atoms with van der Waals surface area (Å²) in [7, 11) is 0. The molecule has 0 bridgehead atoms. The predicted octanol–water partition coefficient (Wildman–Crippen LogP) is 3.94. The van der Waals surface area contributed by atoms with Crippen molar-refractivity contribution in [2.45, 2.75) is 19.4 Å². The maximum atomic E-state index is 12.8. The number of anilines is 1. The zero-order valence-corrected chi connectivity index (χ0v) is 17.2. The van der Waals surface area contributed by atoms with Gasteiger partial charge in [-0.25, -0.2) is 9.97 Å². The molecule has 152 valence electrons. The Bertz CT molecular complexity index is 1150. The van der Waals surface area contributed by atoms with E-state index in [0.717, 1.165) is 21.5 Å². The van der Waals surface area contributed by atoms with Crippen LogP contribution >= 0.6 is 11.3 Å². The minimum Gasteiger partial charge on any atom is -0.508 e. The Morgan fingerprint density at radius 2 is 1.97 bits per heavy atom. The SMILES string of the molecule is C[C@H](Nc1nc(C(=O)NCCc2ccc(O)cc2)c2sccc2n1)c1ccccn1. The Hall–Kier alpha value is -3.52. The van der Waals surface area contributed by atoms with E-state index in [1.54, 1.807) is 18.3 Å². The number of phenols is 1. The average molecular weight is 420 g/mol. The van der Waals surface area contributed by atoms with Gasteiger partial charge in [-0.1, -0.05) is 18.2 Å². The number of hydrogen-bond donors (Lipinski definition) is 3. The van der Waals surface area contributed by atoms with Crippen molar-refractivity contribution >= 4 is 33.4 Å². The lowest BCUT2D eigenvalue weighted by Gasteiger charge is -2.14. The van der Waals surface area contributed by atoms with Crippen LogP contribution in [0.25, 0.3) is 10.2 Å². The van der Waals surface area contributed by atoms with Gasteiger partial charge in [-0.05, 0) is 54.6 Å². The summed E-state index contributed by atoms with van der Waals surface area (Å²) in [5.74, 6) is 0.378. The second-order valence-electron chi connectivity index (χ2n) is 6.82. The van der Waals surface area contributed by atoms with E-state index in [2.05, 4.69) is 25.6 Å². The molecule has 0 unspecified atom stereocenters. The number of carbonyl (C=O) groups is 1. The van der Waals surface area contributed by atoms with Crippen molar-refractivity contribution in [2.24, 2.45) is 0 Å². The first-order chi connectivity index (χ1) is 14.6. The number of hydrogen-bond acceptors (Lipinski definition) is 7. The smallest absolute Gasteiger partial charge is 0.271 e. The number of rotatable bonds is 7. The first-order valence-corrected chi connectivity index (χ1v) is 10.5. The third kappa shape index (κ3) is 4.55. The standard InChI is InChI=1S/C22H21N5O2S/c1-14(17-4-2-3-11-23-17)25-22-26-18-10-13-30-20(18)19(27-22)21(29)24-12-9-15-5-7-16(28)8-6-15/h2-8,10-11,13-14,28H,9,12H2,1H3,(H,24,29)(H,25,26,27)/t14-/m0/s1. The fourth-order valence-electron chi connectivity index (χ4n) is 3.05. The second-order valence-corrected chi connectivity index (χ2v) is 7.74. The Balaban J connectivity index is 1.49. The maximum Gasteiger partial charge on any atom is 0.271 e. The lowest BCUT2D eigenvalue weighted by molar-refractivity contribution is 0.0951. The molecule has 8 heteroatoms. The van der Waals surface area contributed by atoms with Crippen LogP contribution in [0, 0.1) is 0 Å². The van der Waals surface area contributed by atoms with Crippen LogP contribution in [0.15, 0.2) is 60.1 Å². The monoisotopic (exact) mass is 419 g/mol. The normalized spacial score (nSPS) is 11.9. The largest absolute Gasteiger partial charge is 0.508 e. The third-order valence-corrected chi connectivity index (χ3v) is 5.54. The van der Waals surface area contributed by atoms with Crippen molar-refractivity contribution in [3.05, 3.63) is 77.1 Å². The van der Waals surface area contributed by atoms with Crippen LogP contribution < -0.4 is 10.6 Å². The summed E-state index contributed by atoms with van der Waals surface area (Å²) in [6.45, 7) is 2.44. The van der Waals surface area contributed by atoms with Gasteiger partial charge >= 0.3 is 0 Å². The molecule has 0 fully saturated rings. The molecule has 0 spiro atoms. The molecule has 0 saturated carbocycles. The lowest BCUT2D eigenvalue weighted by atomic mass is 10.1. The molecule has 30 heavy (non-hydrogen) atoms. The zero-order chi connectivity index (χ0) is 20.9. The number of nitrogens with zero attached hydrogens (tertiary/aromatic N) is 3. The highest BCUT2D eigenvalue weighted by molar-refractivity contribution is 7.17. The highest BCUT2D eigenvalue weighted by atomic mass is 32.1. The molecule has 3 N–H and O–H groups in total. The van der Waals surface area contributed by atoms with Gasteiger partial charge in [0, 0.05) is 12.7 Å². The molecule has 0 radical (unpaired) electrons. The predicted molar refractivity (Wildman–Crippen MR) is 118 cm³/mol. The molecule has 1 aromatic carbocycles. The van der Waals surface area contributed by atoms with Gasteiger partial charge in [0.1, 0.15) is 5.75 Å². The summed E-state index contributed by atoms with van der Waals surface area (Å²) in [4.78, 5) is 26.2. The van der Waals surface area contributed by atoms with Gasteiger partial charge in [-0.3, -0.25) is 9.78 Å². The summed E-state index contributed by atoms with van der Waals surface area (Å²) in [6, 6.07) is 14.4. The van der Waals surface area contributed by atoms with Gasteiger partial charge in [0.05, 0.1) is 22.0 Å². The van der Waals surface area contributed by atoms with Crippen molar-refractivity contribution in [2.75, 3.05) is 11.9 Å². The number of benzene rings is 1. The summed E-state index contributed by atoms with van der Waals surface area (Å²) < 4.78 is 0.758. The van der Waals surface area contributed by atoms with E-state index in [1.165, 1.54) is 11.3 Å². The van der Waals surface area contributed by atoms with Gasteiger partial charge in [-0.15, -0.1) is 11.3 Å². The summed E-state index contributed by atoms with van der Waals surface area (Å²) >= 11 is 1.44. The molecule has 0 aliphatic rings. The van der Waals surface area contributed by atoms with E-state index in [9.17, 15) is 9.90 Å². The maximum absolute atomic E-state index is 12.8. The Kier molecular flexibility index (Phi) is 5.85. The van der Waals surface area contributed by atoms with E-state index in [0.29, 0.717) is 24.6 Å². The Labute approximate surface area is 177 Å². The van der Waals surface area contributed by atoms with Crippen molar-refractivity contribution in [3.63, 3.8) is 0 Å². The van der Waals surface area contributed by atoms with E-state index in [4.69, 9.17) is 0 Å². The highest BCUT2D eigenvalue weighted by Gasteiger charge is 2.17. The zero-order valence-electron chi connectivity index (χ0n) is 16.4. The van der Waals surface area contributed by atoms with Crippen LogP contribution in [0.4, 0.5) is 5.95 Å². The molecule has 3 heterocycles. The lowest BCUT2D eigenvalue weighted by Crippen LogP contribution is -2.27. The molecule has 1 atom stereocenters. The molecule has 1 amide bonds. The highest BCUT2D eigenvalue weighted by Crippen LogP contribution is 2.25. The first kappa shape index (κ1) is 19.8. The number of thiophene rings is 1. The molecule has 0 saturated heterocycles. The van der Waals surface area contributed by atoms with Crippen LogP contribution in [0.5, 0.6) is 5.75 Å². The van der Waals surface area contributed by atoms with Crippen LogP contribution in [0.1, 0.15) is 34.7 Å². The van der Waals surface area contributed by atoms with Gasteiger partial charge in [0.2, 0.25) is 5.95 Å². The average Bonchev–Trinajstić information content (AvgIpc) is 3.23. The quantitative estimate of drug-likeness (QED) is 0.420. The van der Waals surface area contributed by atoms with Gasteiger partial charge < -0.3 is 15.7 Å². The molecule has 3 aromatic heterocycles. The van der Waals surface area contributed by atoms with E-state index < -0.39 is 0 Å². The van der Waals surface area contributed by atoms with Gasteiger partial charge in [0.15, 0.2) is 5.69 Å². The molecular formula is C22H21N5O2S. The van der Waals surface area contributed by atoms with Crippen molar-refractivity contribution in [1.29, 1.82) is 0 Å². The number of aromatic hydroxyl groups is 1. The minimum absolute atomic E-state index is 0.104. The second kappa shape index (κ2) is 8.87. The summed E-state index contributed by atoms with van der Waals surface area (Å²) in [6.07, 6.45) is 2.40. The van der Waals surface area contributed by atoms with Crippen LogP contribution in [-0.4, -0.2) is 32.5 Å². The van der Waals surface area contributed by atoms with Crippen LogP contribution in [0.2, 0.25) is 0 Å². The number of fused-ring (bicyclic) bond motifs is 1. The van der Waals surface area contributed by atoms with Crippen molar-refractivity contribution in [3.8, 4) is 5.75 Å². The number of nitrogens with one attached hydrogen (secondary N) is 2. The van der Waals surface area contributed by atoms with E-state index in [1.807, 2.05) is 48.7 Å². The molecule has 0 aliphatic carbocycles. The van der Waals surface area contributed by atoms with Crippen molar-refractivity contribution in [1.82, 2.24) is 20.3 Å². The van der Waals surface area contributed by atoms with Crippen LogP contribution in [0.3, 0.4) is 0 Å². The molecular weight excluding hydrogens is 398 g/mol. The number of phenolic OH excluding ortho intramolecular Hbond substituents is 1. The minimum atomic E-state index is -0.239. The van der Waals surface area contributed by atoms with Gasteiger partial charge in [0.25, 0.3) is 5.91 Å². The summed E-state index contributed by atoms with van der Waals surface area (Å²) in [5.41, 5.74) is 2.99. The Morgan fingerprint density at radius 3 is 2.73 bits per heavy atom. The number of amides is 1. The molecule has 0 aliphatic heterocycles. The number of pyridine rings is 1. The molecule has 4 rings (SSSR count). The van der Waals surface area contributed by atoms with Crippen molar-refractivity contribution < 1.29 is 9.90 Å². The fourth-order valence-corrected chi connectivity index (χ4v) is 3.87. The first-order valence-electron chi connectivity index (χ1n) is 9.59. The Morgan fingerprint density at radius 1 is 1.13 bits per heavy atom. The van der Waals surface area contributed by atoms with Crippen LogP contribution in [-0.2, 0) is 6.42 Å². The molecule has 7 nitrogen and oxygen atoms in total. The fraction of sp³-hybridized carbons (Fsp3) is 0.182. The van der Waals surface area contributed by atoms with Gasteiger partial charge in [-0.2, -0.15) is 0 Å². The topological polar surface area (TPSA) is 100 Å². The molecule has 4 aromatic rings. The van der Waals surface area contributed by atoms with E-state index >= 15 is 0 Å². The number of aromatic nitrogens is 3. The number of carbonyl (C=O) groups excluding carboxylic acids is 1.